The van der Waals surface area contributed by atoms with Gasteiger partial charge < -0.3 is 15.2 Å². The van der Waals surface area contributed by atoms with Gasteiger partial charge in [-0.1, -0.05) is 35.2 Å². The molecule has 8 nitrogen and oxygen atoms in total. The number of hydrogen-bond acceptors (Lipinski definition) is 10. The molecule has 1 aliphatic heterocycles. The molecule has 1 unspecified atom stereocenters. The lowest BCUT2D eigenvalue weighted by Gasteiger charge is -2.38. The van der Waals surface area contributed by atoms with Crippen LogP contribution in [0.1, 0.15) is 30.7 Å². The van der Waals surface area contributed by atoms with E-state index in [9.17, 15) is 10.1 Å². The van der Waals surface area contributed by atoms with Gasteiger partial charge in [0.2, 0.25) is 5.13 Å². The van der Waals surface area contributed by atoms with Crippen LogP contribution in [0.3, 0.4) is 0 Å². The summed E-state index contributed by atoms with van der Waals surface area (Å²) in [5.41, 5.74) is 8.89. The van der Waals surface area contributed by atoms with Crippen molar-refractivity contribution in [2.75, 3.05) is 24.9 Å². The minimum absolute atomic E-state index is 0.00450. The fourth-order valence-electron chi connectivity index (χ4n) is 4.15. The highest BCUT2D eigenvalue weighted by Crippen LogP contribution is 2.49. The van der Waals surface area contributed by atoms with Crippen LogP contribution in [0.5, 0.6) is 11.5 Å². The maximum Gasteiger partial charge on any atom is 0.219 e. The van der Waals surface area contributed by atoms with Crippen molar-refractivity contribution < 1.29 is 14.3 Å². The van der Waals surface area contributed by atoms with Crippen molar-refractivity contribution >= 4 is 34.0 Å². The van der Waals surface area contributed by atoms with E-state index < -0.39 is 5.92 Å². The molecule has 1 aromatic carbocycles. The molecule has 4 rings (SSSR count). The molecule has 2 heterocycles. The van der Waals surface area contributed by atoms with Crippen molar-refractivity contribution in [3.63, 3.8) is 0 Å². The van der Waals surface area contributed by atoms with Gasteiger partial charge in [0.1, 0.15) is 17.3 Å². The van der Waals surface area contributed by atoms with Gasteiger partial charge >= 0.3 is 0 Å². The Bertz CT molecular complexity index is 1210. The average molecular weight is 482 g/mol. The van der Waals surface area contributed by atoms with Crippen molar-refractivity contribution in [1.82, 2.24) is 10.2 Å². The summed E-state index contributed by atoms with van der Waals surface area (Å²) in [6.07, 6.45) is 3.55. The summed E-state index contributed by atoms with van der Waals surface area (Å²) in [6.45, 7) is 3.73. The number of anilines is 1. The standard InChI is InChI=1S/C23H23N5O3S2/c1-4-10-32-23-27-26-22(33-23)28-16-6-5-7-17(29)20(16)19(15(12-24)21(28)25)14-9-8-13(30-2)11-18(14)31-3/h4,8-9,11,19H,1,5-7,10,25H2,2-3H3. The molecule has 1 aliphatic carbocycles. The van der Waals surface area contributed by atoms with E-state index in [1.807, 2.05) is 6.07 Å². The first-order valence-electron chi connectivity index (χ1n) is 10.3. The van der Waals surface area contributed by atoms with E-state index >= 15 is 0 Å². The van der Waals surface area contributed by atoms with Crippen molar-refractivity contribution in [3.05, 3.63) is 59.1 Å². The molecule has 0 spiro atoms. The van der Waals surface area contributed by atoms with E-state index in [-0.39, 0.29) is 17.2 Å². The van der Waals surface area contributed by atoms with Crippen LogP contribution in [-0.4, -0.2) is 36.0 Å². The lowest BCUT2D eigenvalue weighted by molar-refractivity contribution is -0.116. The number of benzene rings is 1. The molecule has 1 atom stereocenters. The van der Waals surface area contributed by atoms with Crippen molar-refractivity contribution in [2.45, 2.75) is 29.5 Å². The minimum Gasteiger partial charge on any atom is -0.497 e. The van der Waals surface area contributed by atoms with Gasteiger partial charge in [-0.25, -0.2) is 0 Å². The SMILES string of the molecule is C=CCSc1nnc(N2C(N)=C(C#N)C(c3ccc(OC)cc3OC)C3=C2CCCC3=O)s1. The molecule has 33 heavy (non-hydrogen) atoms. The molecule has 2 aliphatic rings. The predicted octanol–water partition coefficient (Wildman–Crippen LogP) is 4.14. The van der Waals surface area contributed by atoms with E-state index in [2.05, 4.69) is 22.8 Å². The second-order valence-corrected chi connectivity index (χ2v) is 9.60. The highest BCUT2D eigenvalue weighted by molar-refractivity contribution is 8.01. The van der Waals surface area contributed by atoms with Crippen molar-refractivity contribution in [2.24, 2.45) is 5.73 Å². The Morgan fingerprint density at radius 2 is 2.18 bits per heavy atom. The Labute approximate surface area is 200 Å². The summed E-state index contributed by atoms with van der Waals surface area (Å²) in [7, 11) is 3.12. The minimum atomic E-state index is -0.627. The van der Waals surface area contributed by atoms with Gasteiger partial charge in [-0.15, -0.1) is 16.8 Å². The number of thioether (sulfide) groups is 1. The lowest BCUT2D eigenvalue weighted by atomic mass is 9.75. The summed E-state index contributed by atoms with van der Waals surface area (Å²) in [5.74, 6) is 1.47. The zero-order chi connectivity index (χ0) is 23.5. The van der Waals surface area contributed by atoms with Crippen LogP contribution in [0.15, 0.2) is 57.9 Å². The molecule has 0 saturated heterocycles. The Balaban J connectivity index is 1.90. The summed E-state index contributed by atoms with van der Waals surface area (Å²) < 4.78 is 11.7. The number of Topliss-reactive ketones (excluding diaryl/α,β-unsaturated/α-hetero) is 1. The number of rotatable bonds is 7. The molecule has 2 aromatic rings. The number of nitrogens with zero attached hydrogens (tertiary/aromatic N) is 4. The zero-order valence-corrected chi connectivity index (χ0v) is 20.0. The van der Waals surface area contributed by atoms with Crippen LogP contribution in [0.25, 0.3) is 0 Å². The van der Waals surface area contributed by atoms with Gasteiger partial charge in [0.15, 0.2) is 10.1 Å². The van der Waals surface area contributed by atoms with Gasteiger partial charge in [-0.3, -0.25) is 9.69 Å². The monoisotopic (exact) mass is 481 g/mol. The number of carbonyl (C=O) groups is 1. The third-order valence-corrected chi connectivity index (χ3v) is 7.61. The molecule has 2 N–H and O–H groups in total. The zero-order valence-electron chi connectivity index (χ0n) is 18.3. The topological polar surface area (TPSA) is 114 Å². The number of nitrogens with two attached hydrogens (primary N) is 1. The highest BCUT2D eigenvalue weighted by Gasteiger charge is 2.42. The molecule has 0 radical (unpaired) electrons. The second kappa shape index (κ2) is 9.68. The number of ketones is 1. The lowest BCUT2D eigenvalue weighted by Crippen LogP contribution is -2.38. The number of ether oxygens (including phenoxy) is 2. The van der Waals surface area contributed by atoms with Gasteiger partial charge in [-0.05, 0) is 18.9 Å². The van der Waals surface area contributed by atoms with E-state index in [0.29, 0.717) is 52.8 Å². The molecule has 0 bridgehead atoms. The molecule has 0 fully saturated rings. The number of hydrogen-bond donors (Lipinski definition) is 1. The quantitative estimate of drug-likeness (QED) is 0.460. The molecular formula is C23H23N5O3S2. The normalized spacial score (nSPS) is 18.2. The van der Waals surface area contributed by atoms with Gasteiger partial charge in [-0.2, -0.15) is 5.26 Å². The molecular weight excluding hydrogens is 458 g/mol. The molecule has 0 saturated carbocycles. The molecule has 170 valence electrons. The Kier molecular flexibility index (Phi) is 6.72. The van der Waals surface area contributed by atoms with Gasteiger partial charge in [0.05, 0.1) is 31.8 Å². The number of aromatic nitrogens is 2. The van der Waals surface area contributed by atoms with Crippen molar-refractivity contribution in [3.8, 4) is 17.6 Å². The number of carbonyl (C=O) groups excluding carboxylic acids is 1. The smallest absolute Gasteiger partial charge is 0.219 e. The fourth-order valence-corrected chi connectivity index (χ4v) is 5.80. The van der Waals surface area contributed by atoms with Crippen molar-refractivity contribution in [1.29, 1.82) is 5.26 Å². The Morgan fingerprint density at radius 3 is 2.88 bits per heavy atom. The first-order chi connectivity index (χ1) is 16.0. The number of nitriles is 1. The third kappa shape index (κ3) is 4.10. The molecule has 0 amide bonds. The average Bonchev–Trinajstić information content (AvgIpc) is 3.30. The van der Waals surface area contributed by atoms with E-state index in [1.54, 1.807) is 37.3 Å². The number of methoxy groups -OCH3 is 2. The summed E-state index contributed by atoms with van der Waals surface area (Å²) >= 11 is 2.89. The second-order valence-electron chi connectivity index (χ2n) is 7.37. The molecule has 10 heteroatoms. The first kappa shape index (κ1) is 22.9. The summed E-state index contributed by atoms with van der Waals surface area (Å²) in [5, 5.41) is 19.2. The van der Waals surface area contributed by atoms with E-state index in [4.69, 9.17) is 15.2 Å². The maximum atomic E-state index is 13.3. The van der Waals surface area contributed by atoms with Crippen LogP contribution < -0.4 is 20.1 Å². The van der Waals surface area contributed by atoms with Crippen LogP contribution in [0, 0.1) is 11.3 Å². The van der Waals surface area contributed by atoms with Crippen LogP contribution in [0.2, 0.25) is 0 Å². The first-order valence-corrected chi connectivity index (χ1v) is 12.1. The van der Waals surface area contributed by atoms with Crippen LogP contribution in [-0.2, 0) is 4.79 Å². The number of allylic oxidation sites excluding steroid dienone is 3. The van der Waals surface area contributed by atoms with Crippen LogP contribution in [0.4, 0.5) is 5.13 Å². The summed E-state index contributed by atoms with van der Waals surface area (Å²) in [4.78, 5) is 15.0. The van der Waals surface area contributed by atoms with Gasteiger partial charge in [0, 0.05) is 35.1 Å². The predicted molar refractivity (Wildman–Crippen MR) is 128 cm³/mol. The maximum absolute atomic E-state index is 13.3. The fraction of sp³-hybridized carbons (Fsp3) is 0.304. The Hall–Kier alpha value is -3.29. The molecule has 1 aromatic heterocycles. The highest BCUT2D eigenvalue weighted by atomic mass is 32.2. The largest absolute Gasteiger partial charge is 0.497 e. The van der Waals surface area contributed by atoms with E-state index in [0.717, 1.165) is 10.0 Å². The van der Waals surface area contributed by atoms with Crippen LogP contribution >= 0.6 is 23.1 Å². The van der Waals surface area contributed by atoms with E-state index in [1.165, 1.54) is 23.1 Å². The summed E-state index contributed by atoms with van der Waals surface area (Å²) in [6, 6.07) is 7.61. The third-order valence-electron chi connectivity index (χ3n) is 5.58. The Morgan fingerprint density at radius 1 is 1.36 bits per heavy atom. The van der Waals surface area contributed by atoms with Gasteiger partial charge in [0.25, 0.3) is 0 Å².